The van der Waals surface area contributed by atoms with Gasteiger partial charge in [0.25, 0.3) is 0 Å². The van der Waals surface area contributed by atoms with Crippen LogP contribution in [0.15, 0.2) is 24.5 Å². The lowest BCUT2D eigenvalue weighted by atomic mass is 10.2. The van der Waals surface area contributed by atoms with Crippen LogP contribution < -0.4 is 4.74 Å². The van der Waals surface area contributed by atoms with Crippen LogP contribution in [0, 0.1) is 5.82 Å². The lowest BCUT2D eigenvalue weighted by molar-refractivity contribution is 0.411. The summed E-state index contributed by atoms with van der Waals surface area (Å²) in [5.41, 5.74) is 0.479. The molecule has 2 rings (SSSR count). The molecule has 0 fully saturated rings. The number of hydrogen-bond acceptors (Lipinski definition) is 5. The molecule has 1 aromatic heterocycles. The van der Waals surface area contributed by atoms with E-state index in [-0.39, 0.29) is 5.82 Å². The summed E-state index contributed by atoms with van der Waals surface area (Å²) in [7, 11) is 1.46. The van der Waals surface area contributed by atoms with E-state index in [1.54, 1.807) is 6.07 Å². The second kappa shape index (κ2) is 3.95. The summed E-state index contributed by atoms with van der Waals surface area (Å²) in [4.78, 5) is 0. The van der Waals surface area contributed by atoms with E-state index in [0.717, 1.165) is 0 Å². The van der Waals surface area contributed by atoms with Gasteiger partial charge in [-0.25, -0.2) is 4.39 Å². The molecule has 76 valence electrons. The summed E-state index contributed by atoms with van der Waals surface area (Å²) in [5.74, 6) is 0.240. The van der Waals surface area contributed by atoms with Gasteiger partial charge in [-0.1, -0.05) is 0 Å². The third-order valence-electron chi connectivity index (χ3n) is 1.77. The second-order valence-corrected chi connectivity index (χ2v) is 2.75. The van der Waals surface area contributed by atoms with Crippen molar-refractivity contribution in [1.82, 2.24) is 20.4 Å². The van der Waals surface area contributed by atoms with Crippen molar-refractivity contribution < 1.29 is 9.13 Å². The molecule has 0 N–H and O–H groups in total. The number of methoxy groups -OCH3 is 1. The number of benzene rings is 1. The van der Waals surface area contributed by atoms with Crippen molar-refractivity contribution in [2.24, 2.45) is 0 Å². The van der Waals surface area contributed by atoms with E-state index in [0.29, 0.717) is 11.3 Å². The minimum Gasteiger partial charge on any atom is -0.497 e. The van der Waals surface area contributed by atoms with Gasteiger partial charge in [-0.3, -0.25) is 0 Å². The Labute approximate surface area is 84.9 Å². The number of rotatable bonds is 2. The van der Waals surface area contributed by atoms with E-state index >= 15 is 0 Å². The van der Waals surface area contributed by atoms with Crippen molar-refractivity contribution in [3.05, 3.63) is 30.3 Å². The molecule has 6 heteroatoms. The second-order valence-electron chi connectivity index (χ2n) is 2.75. The summed E-state index contributed by atoms with van der Waals surface area (Å²) < 4.78 is 18.0. The summed E-state index contributed by atoms with van der Waals surface area (Å²) in [6.07, 6.45) is 1.21. The highest BCUT2D eigenvalue weighted by atomic mass is 18.2. The molecule has 0 aliphatic rings. The molecule has 0 atom stereocenters. The van der Waals surface area contributed by atoms with Crippen LogP contribution in [0.25, 0.3) is 11.4 Å². The fraction of sp³-hybridized carbons (Fsp3) is 0.111. The Morgan fingerprint density at radius 3 is 2.53 bits per heavy atom. The lowest BCUT2D eigenvalue weighted by Crippen LogP contribution is -1.95. The Bertz CT molecular complexity index is 463. The third kappa shape index (κ3) is 2.04. The van der Waals surface area contributed by atoms with Crippen LogP contribution in [-0.2, 0) is 0 Å². The van der Waals surface area contributed by atoms with Crippen molar-refractivity contribution in [2.45, 2.75) is 0 Å². The Balaban J connectivity index is 2.49. The summed E-state index contributed by atoms with van der Waals surface area (Å²) in [6.45, 7) is 0. The standard InChI is InChI=1S/C9H7FN4O/c1-15-8-3-6(2-7(10)4-8)9-13-11-5-12-14-9/h2-5H,1H3/i10-1. The fourth-order valence-corrected chi connectivity index (χ4v) is 1.13. The minimum absolute atomic E-state index is 0.260. The van der Waals surface area contributed by atoms with Gasteiger partial charge in [0.1, 0.15) is 11.6 Å². The van der Waals surface area contributed by atoms with Gasteiger partial charge in [0.15, 0.2) is 6.33 Å². The molecule has 1 heterocycles. The largest absolute Gasteiger partial charge is 0.497 e. The first-order chi connectivity index (χ1) is 7.29. The Hall–Kier alpha value is -2.11. The molecule has 0 saturated carbocycles. The predicted octanol–water partition coefficient (Wildman–Crippen LogP) is 1.08. The zero-order valence-electron chi connectivity index (χ0n) is 7.88. The molecule has 1 aromatic carbocycles. The van der Waals surface area contributed by atoms with Gasteiger partial charge in [-0.15, -0.1) is 20.4 Å². The van der Waals surface area contributed by atoms with Crippen molar-refractivity contribution in [1.29, 1.82) is 0 Å². The van der Waals surface area contributed by atoms with E-state index in [4.69, 9.17) is 4.74 Å². The molecule has 0 aliphatic heterocycles. The average molecular weight is 205 g/mol. The van der Waals surface area contributed by atoms with Crippen molar-refractivity contribution in [3.8, 4) is 17.1 Å². The first-order valence-corrected chi connectivity index (χ1v) is 4.15. The highest BCUT2D eigenvalue weighted by Crippen LogP contribution is 2.21. The number of nitrogens with zero attached hydrogens (tertiary/aromatic N) is 4. The maximum atomic E-state index is 13.1. The van der Waals surface area contributed by atoms with Crippen molar-refractivity contribution in [3.63, 3.8) is 0 Å². The number of aromatic nitrogens is 4. The predicted molar refractivity (Wildman–Crippen MR) is 49.6 cm³/mol. The average Bonchev–Trinajstić information content (AvgIpc) is 2.29. The van der Waals surface area contributed by atoms with Crippen molar-refractivity contribution >= 4 is 0 Å². The van der Waals surface area contributed by atoms with Gasteiger partial charge in [-0.2, -0.15) is 0 Å². The van der Waals surface area contributed by atoms with Crippen LogP contribution >= 0.6 is 0 Å². The van der Waals surface area contributed by atoms with Gasteiger partial charge >= 0.3 is 0 Å². The van der Waals surface area contributed by atoms with Crippen molar-refractivity contribution in [2.75, 3.05) is 7.11 Å². The quantitative estimate of drug-likeness (QED) is 0.734. The highest BCUT2D eigenvalue weighted by molar-refractivity contribution is 5.56. The molecule has 2 aromatic rings. The molecule has 0 unspecified atom stereocenters. The molecule has 0 bridgehead atoms. The van der Waals surface area contributed by atoms with Gasteiger partial charge in [-0.05, 0) is 12.1 Å². The van der Waals surface area contributed by atoms with Gasteiger partial charge in [0, 0.05) is 11.6 Å². The topological polar surface area (TPSA) is 60.8 Å². The first kappa shape index (κ1) is 9.45. The molecular formula is C9H7FN4O. The van der Waals surface area contributed by atoms with Crippen LogP contribution in [0.2, 0.25) is 0 Å². The van der Waals surface area contributed by atoms with E-state index in [2.05, 4.69) is 20.4 Å². The van der Waals surface area contributed by atoms with Crippen LogP contribution in [0.4, 0.5) is 4.39 Å². The van der Waals surface area contributed by atoms with Crippen LogP contribution in [0.5, 0.6) is 5.75 Å². The van der Waals surface area contributed by atoms with Crippen LogP contribution in [0.3, 0.4) is 0 Å². The maximum absolute atomic E-state index is 13.1. The zero-order valence-corrected chi connectivity index (χ0v) is 7.88. The van der Waals surface area contributed by atoms with Gasteiger partial charge in [0.05, 0.1) is 7.11 Å². The molecule has 0 amide bonds. The Kier molecular flexibility index (Phi) is 2.49. The zero-order chi connectivity index (χ0) is 10.7. The van der Waals surface area contributed by atoms with Gasteiger partial charge < -0.3 is 4.74 Å². The molecule has 0 saturated heterocycles. The molecule has 15 heavy (non-hydrogen) atoms. The monoisotopic (exact) mass is 205 g/mol. The highest BCUT2D eigenvalue weighted by Gasteiger charge is 2.06. The molecule has 0 spiro atoms. The molecule has 0 aliphatic carbocycles. The molecule has 0 radical (unpaired) electrons. The van der Waals surface area contributed by atoms with Crippen LogP contribution in [-0.4, -0.2) is 27.5 Å². The minimum atomic E-state index is -0.420. The Morgan fingerprint density at radius 2 is 1.87 bits per heavy atom. The number of hydrogen-bond donors (Lipinski definition) is 0. The fourth-order valence-electron chi connectivity index (χ4n) is 1.13. The number of halogens is 1. The van der Waals surface area contributed by atoms with E-state index in [1.807, 2.05) is 0 Å². The summed E-state index contributed by atoms with van der Waals surface area (Å²) in [5, 5.41) is 14.6. The first-order valence-electron chi connectivity index (χ1n) is 4.15. The Morgan fingerprint density at radius 1 is 1.13 bits per heavy atom. The third-order valence-corrected chi connectivity index (χ3v) is 1.77. The van der Waals surface area contributed by atoms with E-state index < -0.39 is 5.82 Å². The molecule has 5 nitrogen and oxygen atoms in total. The van der Waals surface area contributed by atoms with Gasteiger partial charge in [0.2, 0.25) is 5.82 Å². The SMILES string of the molecule is COc1cc([18F])cc(-c2nncnn2)c1. The van der Waals surface area contributed by atoms with E-state index in [1.165, 1.54) is 25.6 Å². The maximum Gasteiger partial charge on any atom is 0.203 e. The van der Waals surface area contributed by atoms with Crippen LogP contribution in [0.1, 0.15) is 0 Å². The summed E-state index contributed by atoms with van der Waals surface area (Å²) >= 11 is 0. The number of ether oxygens (including phenoxy) is 1. The normalized spacial score (nSPS) is 10.0. The molecular weight excluding hydrogens is 198 g/mol. The smallest absolute Gasteiger partial charge is 0.203 e. The van der Waals surface area contributed by atoms with E-state index in [9.17, 15) is 4.39 Å². The lowest BCUT2D eigenvalue weighted by Gasteiger charge is -2.02. The summed E-state index contributed by atoms with van der Waals surface area (Å²) in [6, 6.07) is 4.18.